The monoisotopic (exact) mass is 284 g/mol. The highest BCUT2D eigenvalue weighted by Gasteiger charge is 2.33. The van der Waals surface area contributed by atoms with Crippen molar-refractivity contribution in [3.05, 3.63) is 0 Å². The van der Waals surface area contributed by atoms with Gasteiger partial charge in [0.05, 0.1) is 0 Å². The Morgan fingerprint density at radius 1 is 1.30 bits per heavy atom. The average molecular weight is 284 g/mol. The Labute approximate surface area is 119 Å². The number of nitrogens with zero attached hydrogens (tertiary/aromatic N) is 1. The normalized spacial score (nSPS) is 18.9. The van der Waals surface area contributed by atoms with Gasteiger partial charge in [0.1, 0.15) is 6.04 Å². The van der Waals surface area contributed by atoms with Gasteiger partial charge in [-0.05, 0) is 19.3 Å². The van der Waals surface area contributed by atoms with Crippen LogP contribution in [0.15, 0.2) is 0 Å². The summed E-state index contributed by atoms with van der Waals surface area (Å²) in [6, 6.07) is -0.674. The van der Waals surface area contributed by atoms with Crippen molar-refractivity contribution in [1.82, 2.24) is 10.2 Å². The van der Waals surface area contributed by atoms with Gasteiger partial charge in [-0.2, -0.15) is 0 Å². The summed E-state index contributed by atoms with van der Waals surface area (Å²) in [5.41, 5.74) is -0.437. The first kappa shape index (κ1) is 16.5. The number of carbonyl (C=O) groups is 3. The van der Waals surface area contributed by atoms with Crippen molar-refractivity contribution in [2.75, 3.05) is 13.1 Å². The predicted molar refractivity (Wildman–Crippen MR) is 74.1 cm³/mol. The van der Waals surface area contributed by atoms with Crippen LogP contribution in [0.1, 0.15) is 46.5 Å². The first-order chi connectivity index (χ1) is 9.23. The maximum atomic E-state index is 12.0. The number of carboxylic acids is 1. The molecule has 1 fully saturated rings. The number of likely N-dealkylation sites (tertiary alicyclic amines) is 1. The summed E-state index contributed by atoms with van der Waals surface area (Å²) < 4.78 is 0. The van der Waals surface area contributed by atoms with E-state index in [2.05, 4.69) is 5.32 Å². The summed E-state index contributed by atoms with van der Waals surface area (Å²) >= 11 is 0. The van der Waals surface area contributed by atoms with Gasteiger partial charge in [-0.15, -0.1) is 0 Å². The first-order valence-corrected chi connectivity index (χ1v) is 7.04. The molecule has 1 saturated heterocycles. The quantitative estimate of drug-likeness (QED) is 0.737. The molecule has 0 bridgehead atoms. The Morgan fingerprint density at radius 2 is 1.95 bits per heavy atom. The third-order valence-electron chi connectivity index (χ3n) is 3.39. The topological polar surface area (TPSA) is 86.7 Å². The highest BCUT2D eigenvalue weighted by atomic mass is 16.4. The van der Waals surface area contributed by atoms with Crippen molar-refractivity contribution < 1.29 is 19.5 Å². The third-order valence-corrected chi connectivity index (χ3v) is 3.39. The van der Waals surface area contributed by atoms with E-state index in [1.54, 1.807) is 0 Å². The smallest absolute Gasteiger partial charge is 0.326 e. The summed E-state index contributed by atoms with van der Waals surface area (Å²) in [6.45, 7) is 6.44. The van der Waals surface area contributed by atoms with Crippen LogP contribution in [0.3, 0.4) is 0 Å². The molecule has 1 aliphatic heterocycles. The van der Waals surface area contributed by atoms with Gasteiger partial charge in [0, 0.05) is 24.9 Å². The van der Waals surface area contributed by atoms with Gasteiger partial charge in [-0.25, -0.2) is 4.79 Å². The number of rotatable bonds is 5. The van der Waals surface area contributed by atoms with Crippen LogP contribution in [0.5, 0.6) is 0 Å². The van der Waals surface area contributed by atoms with Gasteiger partial charge < -0.3 is 15.3 Å². The van der Waals surface area contributed by atoms with Crippen LogP contribution in [0, 0.1) is 5.41 Å². The van der Waals surface area contributed by atoms with Gasteiger partial charge in [-0.3, -0.25) is 9.59 Å². The number of hydrogen-bond donors (Lipinski definition) is 2. The van der Waals surface area contributed by atoms with Crippen molar-refractivity contribution in [3.63, 3.8) is 0 Å². The standard InChI is InChI=1S/C14H24N2O4/c1-14(2,3)13(20)15-8-4-7-11(17)16-9-5-6-10(16)12(18)19/h10H,4-9H2,1-3H3,(H,15,20)(H,18,19)/t10-/m1/s1. The lowest BCUT2D eigenvalue weighted by Crippen LogP contribution is -2.41. The van der Waals surface area contributed by atoms with Gasteiger partial charge in [0.25, 0.3) is 0 Å². The molecule has 0 spiro atoms. The Hall–Kier alpha value is -1.59. The van der Waals surface area contributed by atoms with Crippen LogP contribution >= 0.6 is 0 Å². The van der Waals surface area contributed by atoms with Crippen LogP contribution in [-0.4, -0.2) is 46.9 Å². The predicted octanol–water partition coefficient (Wildman–Crippen LogP) is 1.00. The van der Waals surface area contributed by atoms with E-state index in [-0.39, 0.29) is 18.2 Å². The second-order valence-corrected chi connectivity index (χ2v) is 6.19. The summed E-state index contributed by atoms with van der Waals surface area (Å²) in [6.07, 6.45) is 2.07. The average Bonchev–Trinajstić information content (AvgIpc) is 2.82. The van der Waals surface area contributed by atoms with Gasteiger partial charge in [0.15, 0.2) is 0 Å². The summed E-state index contributed by atoms with van der Waals surface area (Å²) in [4.78, 5) is 36.0. The van der Waals surface area contributed by atoms with E-state index in [9.17, 15) is 14.4 Å². The fraction of sp³-hybridized carbons (Fsp3) is 0.786. The van der Waals surface area contributed by atoms with E-state index in [0.717, 1.165) is 6.42 Å². The van der Waals surface area contributed by atoms with Crippen molar-refractivity contribution >= 4 is 17.8 Å². The molecule has 0 aromatic carbocycles. The van der Waals surface area contributed by atoms with Gasteiger partial charge in [-0.1, -0.05) is 20.8 Å². The molecular weight excluding hydrogens is 260 g/mol. The molecule has 0 aromatic heterocycles. The van der Waals surface area contributed by atoms with E-state index in [0.29, 0.717) is 25.9 Å². The number of carboxylic acid groups (broad SMARTS) is 1. The largest absolute Gasteiger partial charge is 0.480 e. The maximum Gasteiger partial charge on any atom is 0.326 e. The number of amides is 2. The van der Waals surface area contributed by atoms with Gasteiger partial charge >= 0.3 is 5.97 Å². The number of nitrogens with one attached hydrogen (secondary N) is 1. The van der Waals surface area contributed by atoms with E-state index in [1.165, 1.54) is 4.90 Å². The lowest BCUT2D eigenvalue weighted by Gasteiger charge is -2.21. The summed E-state index contributed by atoms with van der Waals surface area (Å²) in [7, 11) is 0. The minimum Gasteiger partial charge on any atom is -0.480 e. The molecule has 0 aromatic rings. The van der Waals surface area contributed by atoms with Gasteiger partial charge in [0.2, 0.25) is 11.8 Å². The number of carbonyl (C=O) groups excluding carboxylic acids is 2. The molecule has 0 radical (unpaired) electrons. The zero-order valence-electron chi connectivity index (χ0n) is 12.4. The maximum absolute atomic E-state index is 12.0. The SMILES string of the molecule is CC(C)(C)C(=O)NCCCC(=O)N1CCC[C@@H]1C(=O)O. The van der Waals surface area contributed by atoms with E-state index in [1.807, 2.05) is 20.8 Å². The first-order valence-electron chi connectivity index (χ1n) is 7.04. The van der Waals surface area contributed by atoms with Crippen LogP contribution < -0.4 is 5.32 Å². The Kier molecular flexibility index (Phi) is 5.53. The highest BCUT2D eigenvalue weighted by molar-refractivity contribution is 5.84. The van der Waals surface area contributed by atoms with E-state index >= 15 is 0 Å². The second kappa shape index (κ2) is 6.72. The van der Waals surface area contributed by atoms with E-state index < -0.39 is 17.4 Å². The minimum atomic E-state index is -0.933. The molecule has 0 unspecified atom stereocenters. The lowest BCUT2D eigenvalue weighted by molar-refractivity contribution is -0.148. The van der Waals surface area contributed by atoms with E-state index in [4.69, 9.17) is 5.11 Å². The molecule has 2 N–H and O–H groups in total. The molecule has 1 aliphatic rings. The lowest BCUT2D eigenvalue weighted by atomic mass is 9.96. The third kappa shape index (κ3) is 4.51. The minimum absolute atomic E-state index is 0.0467. The Balaban J connectivity index is 2.30. The number of hydrogen-bond acceptors (Lipinski definition) is 3. The molecule has 6 heteroatoms. The van der Waals surface area contributed by atoms with Crippen LogP contribution in [0.4, 0.5) is 0 Å². The molecule has 0 aliphatic carbocycles. The van der Waals surface area contributed by atoms with Crippen molar-refractivity contribution in [2.45, 2.75) is 52.5 Å². The van der Waals surface area contributed by atoms with Crippen LogP contribution in [-0.2, 0) is 14.4 Å². The molecule has 0 saturated carbocycles. The molecule has 1 rings (SSSR count). The molecular formula is C14H24N2O4. The zero-order valence-corrected chi connectivity index (χ0v) is 12.4. The Morgan fingerprint density at radius 3 is 2.50 bits per heavy atom. The Bertz CT molecular complexity index is 387. The van der Waals surface area contributed by atoms with Crippen LogP contribution in [0.25, 0.3) is 0 Å². The fourth-order valence-electron chi connectivity index (χ4n) is 2.17. The molecule has 1 atom stereocenters. The summed E-state index contributed by atoms with van der Waals surface area (Å²) in [5, 5.41) is 11.8. The summed E-state index contributed by atoms with van der Waals surface area (Å²) in [5.74, 6) is -1.12. The molecule has 6 nitrogen and oxygen atoms in total. The van der Waals surface area contributed by atoms with Crippen LogP contribution in [0.2, 0.25) is 0 Å². The number of aliphatic carboxylic acids is 1. The zero-order chi connectivity index (χ0) is 15.3. The highest BCUT2D eigenvalue weighted by Crippen LogP contribution is 2.18. The van der Waals surface area contributed by atoms with Crippen molar-refractivity contribution in [2.24, 2.45) is 5.41 Å². The molecule has 1 heterocycles. The second-order valence-electron chi connectivity index (χ2n) is 6.19. The fourth-order valence-corrected chi connectivity index (χ4v) is 2.17. The van der Waals surface area contributed by atoms with Crippen molar-refractivity contribution in [3.8, 4) is 0 Å². The molecule has 114 valence electrons. The molecule has 20 heavy (non-hydrogen) atoms. The molecule has 2 amide bonds. The van der Waals surface area contributed by atoms with Crippen molar-refractivity contribution in [1.29, 1.82) is 0 Å².